The van der Waals surface area contributed by atoms with E-state index in [0.29, 0.717) is 22.6 Å². The Labute approximate surface area is 146 Å². The van der Waals surface area contributed by atoms with Gasteiger partial charge in [-0.3, -0.25) is 4.79 Å². The number of anilines is 3. The SMILES string of the molecule is O=C(Nc1ccc(F)cc1F)c1cc(Nc2cccc(Cl)c2)ncn1. The zero-order valence-electron chi connectivity index (χ0n) is 12.6. The maximum atomic E-state index is 13.6. The van der Waals surface area contributed by atoms with Crippen LogP contribution in [0.4, 0.5) is 26.0 Å². The molecule has 2 N–H and O–H groups in total. The van der Waals surface area contributed by atoms with Crippen LogP contribution in [0.3, 0.4) is 0 Å². The van der Waals surface area contributed by atoms with Crippen molar-refractivity contribution in [3.05, 3.63) is 77.2 Å². The summed E-state index contributed by atoms with van der Waals surface area (Å²) in [4.78, 5) is 20.1. The number of carbonyl (C=O) groups excluding carboxylic acids is 1. The molecule has 3 rings (SSSR count). The van der Waals surface area contributed by atoms with Crippen molar-refractivity contribution >= 4 is 34.7 Å². The van der Waals surface area contributed by atoms with Crippen LogP contribution in [-0.2, 0) is 0 Å². The lowest BCUT2D eigenvalue weighted by Crippen LogP contribution is -2.15. The molecule has 25 heavy (non-hydrogen) atoms. The van der Waals surface area contributed by atoms with E-state index in [-0.39, 0.29) is 11.4 Å². The average molecular weight is 361 g/mol. The molecule has 8 heteroatoms. The van der Waals surface area contributed by atoms with Crippen molar-refractivity contribution < 1.29 is 13.6 Å². The fraction of sp³-hybridized carbons (Fsp3) is 0. The fourth-order valence-corrected chi connectivity index (χ4v) is 2.23. The summed E-state index contributed by atoms with van der Waals surface area (Å²) in [6.07, 6.45) is 1.20. The van der Waals surface area contributed by atoms with Gasteiger partial charge in [-0.15, -0.1) is 0 Å². The molecule has 2 aromatic carbocycles. The van der Waals surface area contributed by atoms with Gasteiger partial charge in [0, 0.05) is 22.8 Å². The Morgan fingerprint density at radius 2 is 1.88 bits per heavy atom. The summed E-state index contributed by atoms with van der Waals surface area (Å²) in [6, 6.07) is 11.2. The number of nitrogens with one attached hydrogen (secondary N) is 2. The van der Waals surface area contributed by atoms with E-state index in [0.717, 1.165) is 12.1 Å². The predicted molar refractivity (Wildman–Crippen MR) is 91.1 cm³/mol. The summed E-state index contributed by atoms with van der Waals surface area (Å²) < 4.78 is 26.5. The van der Waals surface area contributed by atoms with Crippen LogP contribution in [0.2, 0.25) is 5.02 Å². The summed E-state index contributed by atoms with van der Waals surface area (Å²) >= 11 is 5.91. The number of rotatable bonds is 4. The molecule has 0 saturated heterocycles. The molecule has 126 valence electrons. The van der Waals surface area contributed by atoms with Crippen LogP contribution >= 0.6 is 11.6 Å². The van der Waals surface area contributed by atoms with Gasteiger partial charge in [-0.25, -0.2) is 18.7 Å². The number of amides is 1. The molecule has 0 aliphatic carbocycles. The number of hydrogen-bond donors (Lipinski definition) is 2. The first kappa shape index (κ1) is 16.8. The van der Waals surface area contributed by atoms with Crippen molar-refractivity contribution in [3.63, 3.8) is 0 Å². The summed E-state index contributed by atoms with van der Waals surface area (Å²) in [6.45, 7) is 0. The van der Waals surface area contributed by atoms with Crippen LogP contribution in [0.1, 0.15) is 10.5 Å². The molecule has 3 aromatic rings. The maximum absolute atomic E-state index is 13.6. The molecule has 1 amide bonds. The highest BCUT2D eigenvalue weighted by molar-refractivity contribution is 6.30. The minimum absolute atomic E-state index is 0.0169. The highest BCUT2D eigenvalue weighted by atomic mass is 35.5. The molecule has 0 aliphatic rings. The van der Waals surface area contributed by atoms with E-state index in [1.54, 1.807) is 24.3 Å². The minimum atomic E-state index is -0.875. The summed E-state index contributed by atoms with van der Waals surface area (Å²) in [5, 5.41) is 5.86. The van der Waals surface area contributed by atoms with Gasteiger partial charge in [-0.1, -0.05) is 17.7 Å². The molecular formula is C17H11ClF2N4O. The Kier molecular flexibility index (Phi) is 4.85. The molecule has 5 nitrogen and oxygen atoms in total. The Hall–Kier alpha value is -3.06. The van der Waals surface area contributed by atoms with E-state index in [1.807, 2.05) is 0 Å². The lowest BCUT2D eigenvalue weighted by molar-refractivity contribution is 0.102. The van der Waals surface area contributed by atoms with Gasteiger partial charge in [0.1, 0.15) is 29.5 Å². The average Bonchev–Trinajstić information content (AvgIpc) is 2.57. The third-order valence-corrected chi connectivity index (χ3v) is 3.41. The molecule has 1 heterocycles. The fourth-order valence-electron chi connectivity index (χ4n) is 2.04. The highest BCUT2D eigenvalue weighted by Gasteiger charge is 2.12. The summed E-state index contributed by atoms with van der Waals surface area (Å²) in [5.41, 5.74) is 0.555. The van der Waals surface area contributed by atoms with Crippen molar-refractivity contribution in [2.45, 2.75) is 0 Å². The van der Waals surface area contributed by atoms with Gasteiger partial charge in [-0.05, 0) is 30.3 Å². The molecular weight excluding hydrogens is 350 g/mol. The monoisotopic (exact) mass is 360 g/mol. The Bertz CT molecular complexity index is 936. The zero-order valence-corrected chi connectivity index (χ0v) is 13.4. The molecule has 0 unspecified atom stereocenters. The lowest BCUT2D eigenvalue weighted by Gasteiger charge is -2.08. The van der Waals surface area contributed by atoms with Gasteiger partial charge in [0.15, 0.2) is 0 Å². The molecule has 1 aromatic heterocycles. The first-order valence-electron chi connectivity index (χ1n) is 7.12. The molecule has 0 fully saturated rings. The second kappa shape index (κ2) is 7.23. The lowest BCUT2D eigenvalue weighted by atomic mass is 10.2. The van der Waals surface area contributed by atoms with Gasteiger partial charge in [0.05, 0.1) is 5.69 Å². The standard InChI is InChI=1S/C17H11ClF2N4O/c18-10-2-1-3-12(6-10)23-16-8-15(21-9-22-16)17(25)24-14-5-4-11(19)7-13(14)20/h1-9H,(H,24,25)(H,21,22,23). The van der Waals surface area contributed by atoms with Gasteiger partial charge in [0.2, 0.25) is 0 Å². The molecule has 0 radical (unpaired) electrons. The van der Waals surface area contributed by atoms with Crippen molar-refractivity contribution in [1.82, 2.24) is 9.97 Å². The number of carbonyl (C=O) groups is 1. The summed E-state index contributed by atoms with van der Waals surface area (Å²) in [7, 11) is 0. The van der Waals surface area contributed by atoms with Crippen molar-refractivity contribution in [3.8, 4) is 0 Å². The number of halogens is 3. The smallest absolute Gasteiger partial charge is 0.274 e. The first-order chi connectivity index (χ1) is 12.0. The third-order valence-electron chi connectivity index (χ3n) is 3.18. The van der Waals surface area contributed by atoms with Crippen molar-refractivity contribution in [2.75, 3.05) is 10.6 Å². The number of nitrogens with zero attached hydrogens (tertiary/aromatic N) is 2. The Morgan fingerprint density at radius 1 is 1.04 bits per heavy atom. The van der Waals surface area contributed by atoms with Crippen LogP contribution in [0.5, 0.6) is 0 Å². The third kappa shape index (κ3) is 4.27. The quantitative estimate of drug-likeness (QED) is 0.723. The van der Waals surface area contributed by atoms with Crippen molar-refractivity contribution in [1.29, 1.82) is 0 Å². The van der Waals surface area contributed by atoms with Crippen LogP contribution < -0.4 is 10.6 Å². The normalized spacial score (nSPS) is 10.4. The number of hydrogen-bond acceptors (Lipinski definition) is 4. The maximum Gasteiger partial charge on any atom is 0.274 e. The topological polar surface area (TPSA) is 66.9 Å². The van der Waals surface area contributed by atoms with Crippen LogP contribution in [0.15, 0.2) is 54.9 Å². The van der Waals surface area contributed by atoms with E-state index < -0.39 is 17.5 Å². The van der Waals surface area contributed by atoms with Crippen molar-refractivity contribution in [2.24, 2.45) is 0 Å². The van der Waals surface area contributed by atoms with Crippen LogP contribution in [-0.4, -0.2) is 15.9 Å². The minimum Gasteiger partial charge on any atom is -0.340 e. The van der Waals surface area contributed by atoms with Gasteiger partial charge in [-0.2, -0.15) is 0 Å². The molecule has 0 atom stereocenters. The highest BCUT2D eigenvalue weighted by Crippen LogP contribution is 2.20. The van der Waals surface area contributed by atoms with E-state index in [9.17, 15) is 13.6 Å². The molecule has 0 aliphatic heterocycles. The van der Waals surface area contributed by atoms with Gasteiger partial charge >= 0.3 is 0 Å². The molecule has 0 bridgehead atoms. The molecule has 0 spiro atoms. The van der Waals surface area contributed by atoms with E-state index in [1.165, 1.54) is 12.4 Å². The van der Waals surface area contributed by atoms with Crippen LogP contribution in [0, 0.1) is 11.6 Å². The van der Waals surface area contributed by atoms with E-state index >= 15 is 0 Å². The van der Waals surface area contributed by atoms with Gasteiger partial charge in [0.25, 0.3) is 5.91 Å². The number of aromatic nitrogens is 2. The second-order valence-corrected chi connectivity index (χ2v) is 5.44. The largest absolute Gasteiger partial charge is 0.340 e. The predicted octanol–water partition coefficient (Wildman–Crippen LogP) is 4.40. The van der Waals surface area contributed by atoms with E-state index in [2.05, 4.69) is 20.6 Å². The first-order valence-corrected chi connectivity index (χ1v) is 7.50. The van der Waals surface area contributed by atoms with Crippen LogP contribution in [0.25, 0.3) is 0 Å². The molecule has 0 saturated carbocycles. The summed E-state index contributed by atoms with van der Waals surface area (Å²) in [5.74, 6) is -1.89. The Morgan fingerprint density at radius 3 is 2.64 bits per heavy atom. The van der Waals surface area contributed by atoms with Gasteiger partial charge < -0.3 is 10.6 Å². The van der Waals surface area contributed by atoms with E-state index in [4.69, 9.17) is 11.6 Å². The Balaban J connectivity index is 1.77. The zero-order chi connectivity index (χ0) is 17.8. The second-order valence-electron chi connectivity index (χ2n) is 5.00. The number of benzene rings is 2.